The molecule has 0 aliphatic heterocycles. The van der Waals surface area contributed by atoms with Gasteiger partial charge in [-0.1, -0.05) is 11.8 Å². The van der Waals surface area contributed by atoms with Gasteiger partial charge in [-0.05, 0) is 13.2 Å². The summed E-state index contributed by atoms with van der Waals surface area (Å²) in [5.74, 6) is 0. The first-order chi connectivity index (χ1) is 5.27. The van der Waals surface area contributed by atoms with E-state index in [0.29, 0.717) is 6.61 Å². The predicted octanol–water partition coefficient (Wildman–Crippen LogP) is 1.59. The third kappa shape index (κ3) is 1.97. The average Bonchev–Trinajstić information content (AvgIpc) is 2.33. The molecule has 3 nitrogen and oxygen atoms in total. The number of aryl methyl sites for hydroxylation is 1. The number of rotatable bonds is 3. The Balaban J connectivity index is 2.79. The first-order valence-corrected chi connectivity index (χ1v) is 4.58. The van der Waals surface area contributed by atoms with Gasteiger partial charge in [0, 0.05) is 12.8 Å². The normalized spacial score (nSPS) is 10.5. The highest BCUT2D eigenvalue weighted by atomic mass is 32.2. The highest BCUT2D eigenvalue weighted by molar-refractivity contribution is 7.98. The van der Waals surface area contributed by atoms with Crippen LogP contribution in [0.1, 0.15) is 11.4 Å². The minimum Gasteiger partial charge on any atom is -0.378 e. The van der Waals surface area contributed by atoms with Gasteiger partial charge in [0.05, 0.1) is 12.3 Å². The summed E-state index contributed by atoms with van der Waals surface area (Å²) in [6.45, 7) is 2.59. The summed E-state index contributed by atoms with van der Waals surface area (Å²) in [6, 6.07) is 0. The zero-order chi connectivity index (χ0) is 8.27. The molecule has 11 heavy (non-hydrogen) atoms. The lowest BCUT2D eigenvalue weighted by molar-refractivity contribution is 0.181. The van der Waals surface area contributed by atoms with Crippen LogP contribution < -0.4 is 0 Å². The lowest BCUT2D eigenvalue weighted by Crippen LogP contribution is -1.89. The van der Waals surface area contributed by atoms with Crippen LogP contribution in [-0.4, -0.2) is 23.3 Å². The summed E-state index contributed by atoms with van der Waals surface area (Å²) >= 11 is 1.61. The number of hydrogen-bond donors (Lipinski definition) is 1. The molecular formula is C7H12N2OS. The largest absolute Gasteiger partial charge is 0.378 e. The topological polar surface area (TPSA) is 37.9 Å². The Labute approximate surface area is 70.6 Å². The maximum atomic E-state index is 4.97. The van der Waals surface area contributed by atoms with Crippen molar-refractivity contribution in [3.8, 4) is 0 Å². The van der Waals surface area contributed by atoms with Gasteiger partial charge >= 0.3 is 0 Å². The molecule has 62 valence electrons. The Morgan fingerprint density at radius 1 is 1.64 bits per heavy atom. The second-order valence-electron chi connectivity index (χ2n) is 2.25. The first-order valence-electron chi connectivity index (χ1n) is 3.36. The minimum atomic E-state index is 0.586. The molecule has 0 saturated heterocycles. The Morgan fingerprint density at radius 2 is 2.36 bits per heavy atom. The van der Waals surface area contributed by atoms with Gasteiger partial charge in [0.25, 0.3) is 0 Å². The van der Waals surface area contributed by atoms with Crippen molar-refractivity contribution in [3.63, 3.8) is 0 Å². The molecule has 0 aliphatic rings. The number of hydrogen-bond acceptors (Lipinski definition) is 3. The monoisotopic (exact) mass is 172 g/mol. The number of ether oxygens (including phenoxy) is 1. The number of imidazole rings is 1. The summed E-state index contributed by atoms with van der Waals surface area (Å²) in [5.41, 5.74) is 2.09. The van der Waals surface area contributed by atoms with E-state index in [1.807, 2.05) is 13.2 Å². The van der Waals surface area contributed by atoms with Gasteiger partial charge in [0.2, 0.25) is 0 Å². The number of nitrogens with one attached hydrogen (secondary N) is 1. The quantitative estimate of drug-likeness (QED) is 0.703. The van der Waals surface area contributed by atoms with Crippen LogP contribution in [0.4, 0.5) is 0 Å². The van der Waals surface area contributed by atoms with E-state index in [4.69, 9.17) is 4.74 Å². The molecule has 0 aromatic carbocycles. The third-order valence-electron chi connectivity index (χ3n) is 1.44. The van der Waals surface area contributed by atoms with E-state index in [1.54, 1.807) is 18.9 Å². The second kappa shape index (κ2) is 3.78. The SMILES string of the molecule is COCc1nc(SC)[nH]c1C. The molecule has 4 heteroatoms. The average molecular weight is 172 g/mol. The molecule has 0 aliphatic carbocycles. The van der Waals surface area contributed by atoms with E-state index in [0.717, 1.165) is 16.5 Å². The van der Waals surface area contributed by atoms with Gasteiger partial charge in [-0.25, -0.2) is 4.98 Å². The summed E-state index contributed by atoms with van der Waals surface area (Å²) in [4.78, 5) is 7.45. The van der Waals surface area contributed by atoms with Crippen LogP contribution in [0.3, 0.4) is 0 Å². The molecule has 1 heterocycles. The van der Waals surface area contributed by atoms with Crippen molar-refractivity contribution < 1.29 is 4.74 Å². The van der Waals surface area contributed by atoms with Crippen molar-refractivity contribution in [2.45, 2.75) is 18.7 Å². The van der Waals surface area contributed by atoms with Crippen LogP contribution in [0.15, 0.2) is 5.16 Å². The number of H-pyrrole nitrogens is 1. The van der Waals surface area contributed by atoms with Crippen LogP contribution in [0.5, 0.6) is 0 Å². The number of aromatic amines is 1. The number of thioether (sulfide) groups is 1. The highest BCUT2D eigenvalue weighted by Gasteiger charge is 2.03. The Kier molecular flexibility index (Phi) is 2.96. The Morgan fingerprint density at radius 3 is 2.82 bits per heavy atom. The number of nitrogens with zero attached hydrogens (tertiary/aromatic N) is 1. The van der Waals surface area contributed by atoms with Crippen LogP contribution in [0.2, 0.25) is 0 Å². The van der Waals surface area contributed by atoms with E-state index in [-0.39, 0.29) is 0 Å². The molecule has 0 spiro atoms. The van der Waals surface area contributed by atoms with Crippen molar-refractivity contribution >= 4 is 11.8 Å². The van der Waals surface area contributed by atoms with Crippen molar-refractivity contribution in [1.82, 2.24) is 9.97 Å². The molecular weight excluding hydrogens is 160 g/mol. The molecule has 0 atom stereocenters. The molecule has 0 bridgehead atoms. The van der Waals surface area contributed by atoms with Gasteiger partial charge < -0.3 is 9.72 Å². The van der Waals surface area contributed by atoms with Gasteiger partial charge in [0.15, 0.2) is 5.16 Å². The molecule has 0 unspecified atom stereocenters. The van der Waals surface area contributed by atoms with Crippen molar-refractivity contribution in [2.75, 3.05) is 13.4 Å². The molecule has 1 N–H and O–H groups in total. The summed E-state index contributed by atoms with van der Waals surface area (Å²) in [7, 11) is 1.67. The summed E-state index contributed by atoms with van der Waals surface area (Å²) in [6.07, 6.45) is 1.99. The fraction of sp³-hybridized carbons (Fsp3) is 0.571. The fourth-order valence-electron chi connectivity index (χ4n) is 0.841. The van der Waals surface area contributed by atoms with Crippen molar-refractivity contribution in [3.05, 3.63) is 11.4 Å². The van der Waals surface area contributed by atoms with Gasteiger partial charge in [-0.3, -0.25) is 0 Å². The lowest BCUT2D eigenvalue weighted by Gasteiger charge is -1.92. The smallest absolute Gasteiger partial charge is 0.165 e. The van der Waals surface area contributed by atoms with Gasteiger partial charge in [-0.2, -0.15) is 0 Å². The van der Waals surface area contributed by atoms with E-state index >= 15 is 0 Å². The highest BCUT2D eigenvalue weighted by Crippen LogP contribution is 2.13. The van der Waals surface area contributed by atoms with E-state index < -0.39 is 0 Å². The van der Waals surface area contributed by atoms with E-state index in [9.17, 15) is 0 Å². The van der Waals surface area contributed by atoms with Crippen LogP contribution in [0, 0.1) is 6.92 Å². The second-order valence-corrected chi connectivity index (χ2v) is 3.05. The third-order valence-corrected chi connectivity index (χ3v) is 2.02. The molecule has 0 saturated carbocycles. The predicted molar refractivity (Wildman–Crippen MR) is 45.8 cm³/mol. The molecule has 0 radical (unpaired) electrons. The molecule has 1 rings (SSSR count). The number of aromatic nitrogens is 2. The van der Waals surface area contributed by atoms with Crippen LogP contribution in [-0.2, 0) is 11.3 Å². The zero-order valence-electron chi connectivity index (χ0n) is 6.97. The Bertz CT molecular complexity index is 234. The van der Waals surface area contributed by atoms with E-state index in [2.05, 4.69) is 9.97 Å². The van der Waals surface area contributed by atoms with E-state index in [1.165, 1.54) is 0 Å². The maximum absolute atomic E-state index is 4.97. The van der Waals surface area contributed by atoms with Crippen molar-refractivity contribution in [2.24, 2.45) is 0 Å². The fourth-order valence-corrected chi connectivity index (χ4v) is 1.30. The molecule has 0 fully saturated rings. The van der Waals surface area contributed by atoms with Crippen LogP contribution >= 0.6 is 11.8 Å². The zero-order valence-corrected chi connectivity index (χ0v) is 7.79. The number of methoxy groups -OCH3 is 1. The van der Waals surface area contributed by atoms with Gasteiger partial charge in [0.1, 0.15) is 0 Å². The lowest BCUT2D eigenvalue weighted by atomic mass is 10.4. The first kappa shape index (κ1) is 8.62. The molecule has 1 aromatic heterocycles. The minimum absolute atomic E-state index is 0.586. The Hall–Kier alpha value is -0.480. The van der Waals surface area contributed by atoms with Gasteiger partial charge in [-0.15, -0.1) is 0 Å². The van der Waals surface area contributed by atoms with Crippen LogP contribution in [0.25, 0.3) is 0 Å². The summed E-state index contributed by atoms with van der Waals surface area (Å²) in [5, 5.41) is 0.953. The summed E-state index contributed by atoms with van der Waals surface area (Å²) < 4.78 is 4.97. The standard InChI is InChI=1S/C7H12N2OS/c1-5-6(4-10-2)9-7(8-5)11-3/h4H2,1-3H3,(H,8,9). The van der Waals surface area contributed by atoms with Crippen molar-refractivity contribution in [1.29, 1.82) is 0 Å². The molecule has 1 aromatic rings. The maximum Gasteiger partial charge on any atom is 0.165 e. The molecule has 0 amide bonds.